The van der Waals surface area contributed by atoms with Crippen LogP contribution < -0.4 is 4.74 Å². The van der Waals surface area contributed by atoms with Crippen molar-refractivity contribution in [2.45, 2.75) is 32.4 Å². The van der Waals surface area contributed by atoms with Crippen molar-refractivity contribution < 1.29 is 14.4 Å². The standard InChI is InChI=1S/C17H23N3O3/c1-12(21)13-6-5-9-20(10-13)11-16-18-17(19-23-16)14-7-3-4-8-15(14)22-2/h3-4,7-8,12-13,21H,5-6,9-11H2,1-2H3. The molecule has 0 amide bonds. The Bertz CT molecular complexity index is 642. The van der Waals surface area contributed by atoms with Gasteiger partial charge in [-0.2, -0.15) is 4.98 Å². The molecule has 2 aromatic rings. The fourth-order valence-electron chi connectivity index (χ4n) is 3.08. The molecule has 1 aliphatic rings. The van der Waals surface area contributed by atoms with Crippen LogP contribution in [0.1, 0.15) is 25.7 Å². The number of ether oxygens (including phenoxy) is 1. The Morgan fingerprint density at radius 1 is 1.43 bits per heavy atom. The number of aromatic nitrogens is 2. The minimum Gasteiger partial charge on any atom is -0.496 e. The highest BCUT2D eigenvalue weighted by Crippen LogP contribution is 2.27. The first-order chi connectivity index (χ1) is 11.2. The highest BCUT2D eigenvalue weighted by atomic mass is 16.5. The lowest BCUT2D eigenvalue weighted by atomic mass is 9.93. The maximum absolute atomic E-state index is 9.78. The quantitative estimate of drug-likeness (QED) is 0.912. The molecule has 1 saturated heterocycles. The van der Waals surface area contributed by atoms with Crippen molar-refractivity contribution in [2.75, 3.05) is 20.2 Å². The van der Waals surface area contributed by atoms with Crippen molar-refractivity contribution in [1.29, 1.82) is 0 Å². The number of para-hydroxylation sites is 1. The van der Waals surface area contributed by atoms with Crippen LogP contribution in [-0.4, -0.2) is 46.5 Å². The van der Waals surface area contributed by atoms with Gasteiger partial charge in [0, 0.05) is 6.54 Å². The Hall–Kier alpha value is -1.92. The van der Waals surface area contributed by atoms with E-state index < -0.39 is 0 Å². The van der Waals surface area contributed by atoms with Crippen LogP contribution in [0.5, 0.6) is 5.75 Å². The van der Waals surface area contributed by atoms with Gasteiger partial charge >= 0.3 is 0 Å². The molecule has 0 radical (unpaired) electrons. The van der Waals surface area contributed by atoms with Gasteiger partial charge in [-0.25, -0.2) is 0 Å². The van der Waals surface area contributed by atoms with E-state index in [0.29, 0.717) is 24.2 Å². The van der Waals surface area contributed by atoms with Gasteiger partial charge in [0.2, 0.25) is 11.7 Å². The van der Waals surface area contributed by atoms with Gasteiger partial charge in [0.05, 0.1) is 25.3 Å². The lowest BCUT2D eigenvalue weighted by Crippen LogP contribution is -2.39. The first-order valence-corrected chi connectivity index (χ1v) is 8.03. The SMILES string of the molecule is COc1ccccc1-c1noc(CN2CCCC(C(C)O)C2)n1. The van der Waals surface area contributed by atoms with Crippen LogP contribution in [0.2, 0.25) is 0 Å². The van der Waals surface area contributed by atoms with E-state index in [2.05, 4.69) is 15.0 Å². The van der Waals surface area contributed by atoms with Gasteiger partial charge in [0.1, 0.15) is 5.75 Å². The third kappa shape index (κ3) is 3.71. The Labute approximate surface area is 136 Å². The van der Waals surface area contributed by atoms with E-state index in [1.54, 1.807) is 7.11 Å². The van der Waals surface area contributed by atoms with E-state index in [9.17, 15) is 5.11 Å². The molecule has 1 aromatic carbocycles. The van der Waals surface area contributed by atoms with Crippen molar-refractivity contribution in [1.82, 2.24) is 15.0 Å². The molecule has 3 rings (SSSR count). The number of rotatable bonds is 5. The van der Waals surface area contributed by atoms with Crippen molar-refractivity contribution in [2.24, 2.45) is 5.92 Å². The van der Waals surface area contributed by atoms with Crippen molar-refractivity contribution in [3.05, 3.63) is 30.2 Å². The molecule has 2 atom stereocenters. The third-order valence-corrected chi connectivity index (χ3v) is 4.40. The molecule has 2 unspecified atom stereocenters. The molecular weight excluding hydrogens is 294 g/mol. The van der Waals surface area contributed by atoms with Gasteiger partial charge in [0.15, 0.2) is 0 Å². The molecule has 23 heavy (non-hydrogen) atoms. The highest BCUT2D eigenvalue weighted by Gasteiger charge is 2.25. The Balaban J connectivity index is 1.70. The third-order valence-electron chi connectivity index (χ3n) is 4.40. The van der Waals surface area contributed by atoms with Crippen LogP contribution in [0, 0.1) is 5.92 Å². The Morgan fingerprint density at radius 3 is 3.04 bits per heavy atom. The average Bonchev–Trinajstić information content (AvgIpc) is 3.03. The van der Waals surface area contributed by atoms with E-state index in [-0.39, 0.29) is 6.10 Å². The first kappa shape index (κ1) is 16.0. The lowest BCUT2D eigenvalue weighted by Gasteiger charge is -2.33. The minimum absolute atomic E-state index is 0.273. The van der Waals surface area contributed by atoms with Gasteiger partial charge in [-0.15, -0.1) is 0 Å². The number of likely N-dealkylation sites (tertiary alicyclic amines) is 1. The summed E-state index contributed by atoms with van der Waals surface area (Å²) in [6.07, 6.45) is 1.89. The molecule has 6 nitrogen and oxygen atoms in total. The second-order valence-electron chi connectivity index (χ2n) is 6.09. The van der Waals surface area contributed by atoms with E-state index in [1.807, 2.05) is 31.2 Å². The van der Waals surface area contributed by atoms with Crippen molar-refractivity contribution in [3.63, 3.8) is 0 Å². The molecule has 0 spiro atoms. The van der Waals surface area contributed by atoms with Crippen molar-refractivity contribution >= 4 is 0 Å². The van der Waals surface area contributed by atoms with Crippen LogP contribution in [-0.2, 0) is 6.54 Å². The van der Waals surface area contributed by atoms with Gasteiger partial charge in [0.25, 0.3) is 0 Å². The van der Waals surface area contributed by atoms with Crippen LogP contribution in [0.25, 0.3) is 11.4 Å². The molecular formula is C17H23N3O3. The highest BCUT2D eigenvalue weighted by molar-refractivity contribution is 5.63. The summed E-state index contributed by atoms with van der Waals surface area (Å²) in [4.78, 5) is 6.76. The number of hydrogen-bond acceptors (Lipinski definition) is 6. The number of aliphatic hydroxyl groups is 1. The fourth-order valence-corrected chi connectivity index (χ4v) is 3.08. The molecule has 1 aromatic heterocycles. The summed E-state index contributed by atoms with van der Waals surface area (Å²) < 4.78 is 10.7. The van der Waals surface area contributed by atoms with Gasteiger partial charge in [-0.05, 0) is 44.4 Å². The largest absolute Gasteiger partial charge is 0.496 e. The second kappa shape index (κ2) is 7.10. The molecule has 1 N–H and O–H groups in total. The molecule has 124 valence electrons. The van der Waals surface area contributed by atoms with E-state index in [4.69, 9.17) is 9.26 Å². The summed E-state index contributed by atoms with van der Waals surface area (Å²) in [6, 6.07) is 7.63. The molecule has 0 aliphatic carbocycles. The van der Waals surface area contributed by atoms with Crippen molar-refractivity contribution in [3.8, 4) is 17.1 Å². The summed E-state index contributed by atoms with van der Waals surface area (Å²) in [5, 5.41) is 13.9. The van der Waals surface area contributed by atoms with Crippen LogP contribution in [0.3, 0.4) is 0 Å². The Morgan fingerprint density at radius 2 is 2.26 bits per heavy atom. The smallest absolute Gasteiger partial charge is 0.241 e. The molecule has 0 saturated carbocycles. The lowest BCUT2D eigenvalue weighted by molar-refractivity contribution is 0.0556. The molecule has 1 fully saturated rings. The number of benzene rings is 1. The van der Waals surface area contributed by atoms with E-state index in [1.165, 1.54) is 0 Å². The predicted octanol–water partition coefficient (Wildman–Crippen LogP) is 2.34. The maximum Gasteiger partial charge on any atom is 0.241 e. The van der Waals surface area contributed by atoms with Crippen LogP contribution in [0.15, 0.2) is 28.8 Å². The summed E-state index contributed by atoms with van der Waals surface area (Å²) in [6.45, 7) is 4.34. The second-order valence-corrected chi connectivity index (χ2v) is 6.09. The zero-order valence-corrected chi connectivity index (χ0v) is 13.6. The molecule has 2 heterocycles. The number of piperidine rings is 1. The summed E-state index contributed by atoms with van der Waals surface area (Å²) in [5.41, 5.74) is 0.825. The molecule has 1 aliphatic heterocycles. The fraction of sp³-hybridized carbons (Fsp3) is 0.529. The monoisotopic (exact) mass is 317 g/mol. The van der Waals surface area contributed by atoms with Crippen LogP contribution in [0.4, 0.5) is 0 Å². The maximum atomic E-state index is 9.78. The normalized spacial score (nSPS) is 20.4. The van der Waals surface area contributed by atoms with Gasteiger partial charge < -0.3 is 14.4 Å². The Kier molecular flexibility index (Phi) is 4.93. The summed E-state index contributed by atoms with van der Waals surface area (Å²) >= 11 is 0. The van der Waals surface area contributed by atoms with Crippen LogP contribution >= 0.6 is 0 Å². The number of nitrogens with zero attached hydrogens (tertiary/aromatic N) is 3. The minimum atomic E-state index is -0.273. The topological polar surface area (TPSA) is 71.6 Å². The van der Waals surface area contributed by atoms with E-state index in [0.717, 1.165) is 37.2 Å². The molecule has 0 bridgehead atoms. The zero-order chi connectivity index (χ0) is 16.2. The summed E-state index contributed by atoms with van der Waals surface area (Å²) in [7, 11) is 1.63. The van der Waals surface area contributed by atoms with Gasteiger partial charge in [-0.1, -0.05) is 17.3 Å². The number of methoxy groups -OCH3 is 1. The number of aliphatic hydroxyl groups excluding tert-OH is 1. The zero-order valence-electron chi connectivity index (χ0n) is 13.6. The number of hydrogen-bond donors (Lipinski definition) is 1. The molecule has 6 heteroatoms. The van der Waals surface area contributed by atoms with Gasteiger partial charge in [-0.3, -0.25) is 4.90 Å². The van der Waals surface area contributed by atoms with E-state index >= 15 is 0 Å². The summed E-state index contributed by atoms with van der Waals surface area (Å²) in [5.74, 6) is 2.19. The predicted molar refractivity (Wildman–Crippen MR) is 86.0 cm³/mol. The average molecular weight is 317 g/mol. The first-order valence-electron chi connectivity index (χ1n) is 8.03.